The number of aliphatic hydroxyl groups is 2. The van der Waals surface area contributed by atoms with E-state index in [-0.39, 0.29) is 12.5 Å². The molecule has 0 spiro atoms. The molecule has 0 rings (SSSR count). The van der Waals surface area contributed by atoms with Crippen LogP contribution in [0.4, 0.5) is 0 Å². The van der Waals surface area contributed by atoms with Crippen molar-refractivity contribution in [2.45, 2.75) is 142 Å². The number of allylic oxidation sites excluding steroid dienone is 18. The summed E-state index contributed by atoms with van der Waals surface area (Å²) in [6.07, 6.45) is 56.3. The normalized spacial score (nSPS) is 14.4. The monoisotopic (exact) mass is 634 g/mol. The Kier molecular flexibility index (Phi) is 34.2. The van der Waals surface area contributed by atoms with Crippen molar-refractivity contribution in [1.29, 1.82) is 0 Å². The number of amides is 1. The predicted molar refractivity (Wildman–Crippen MR) is 202 cm³/mol. The van der Waals surface area contributed by atoms with Crippen molar-refractivity contribution in [3.63, 3.8) is 0 Å². The molecule has 0 aromatic rings. The van der Waals surface area contributed by atoms with Crippen LogP contribution in [0, 0.1) is 0 Å². The average Bonchev–Trinajstić information content (AvgIpc) is 3.06. The second-order valence-electron chi connectivity index (χ2n) is 11.6. The quantitative estimate of drug-likeness (QED) is 0.0544. The molecule has 0 fully saturated rings. The van der Waals surface area contributed by atoms with E-state index in [0.29, 0.717) is 12.8 Å². The van der Waals surface area contributed by atoms with Gasteiger partial charge in [-0.3, -0.25) is 4.79 Å². The Bertz CT molecular complexity index is 948. The van der Waals surface area contributed by atoms with Crippen LogP contribution in [-0.4, -0.2) is 34.9 Å². The van der Waals surface area contributed by atoms with Gasteiger partial charge in [0.25, 0.3) is 0 Å². The summed E-state index contributed by atoms with van der Waals surface area (Å²) in [6.45, 7) is 4.05. The van der Waals surface area contributed by atoms with Gasteiger partial charge in [0.1, 0.15) is 0 Å². The van der Waals surface area contributed by atoms with Gasteiger partial charge >= 0.3 is 0 Å². The fraction of sp³-hybridized carbons (Fsp3) is 0.548. The van der Waals surface area contributed by atoms with Gasteiger partial charge in [-0.2, -0.15) is 0 Å². The zero-order valence-electron chi connectivity index (χ0n) is 29.3. The van der Waals surface area contributed by atoms with Gasteiger partial charge in [-0.1, -0.05) is 149 Å². The van der Waals surface area contributed by atoms with Gasteiger partial charge in [-0.15, -0.1) is 0 Å². The van der Waals surface area contributed by atoms with Crippen LogP contribution in [0.2, 0.25) is 0 Å². The summed E-state index contributed by atoms with van der Waals surface area (Å²) < 4.78 is 0. The van der Waals surface area contributed by atoms with Crippen LogP contribution >= 0.6 is 0 Å². The van der Waals surface area contributed by atoms with E-state index in [9.17, 15) is 15.0 Å². The first-order chi connectivity index (χ1) is 22.7. The highest BCUT2D eigenvalue weighted by atomic mass is 16.3. The molecule has 258 valence electrons. The van der Waals surface area contributed by atoms with Gasteiger partial charge in [0.2, 0.25) is 5.91 Å². The highest BCUT2D eigenvalue weighted by molar-refractivity contribution is 5.76. The van der Waals surface area contributed by atoms with Gasteiger partial charge in [-0.05, 0) is 83.5 Å². The van der Waals surface area contributed by atoms with E-state index < -0.39 is 12.1 Å². The highest BCUT2D eigenvalue weighted by Gasteiger charge is 2.19. The van der Waals surface area contributed by atoms with Crippen molar-refractivity contribution in [2.24, 2.45) is 0 Å². The molecule has 0 aliphatic rings. The van der Waals surface area contributed by atoms with Crippen molar-refractivity contribution < 1.29 is 15.0 Å². The van der Waals surface area contributed by atoms with Crippen molar-refractivity contribution in [3.8, 4) is 0 Å². The highest BCUT2D eigenvalue weighted by Crippen LogP contribution is 2.09. The molecule has 0 saturated carbocycles. The van der Waals surface area contributed by atoms with Crippen molar-refractivity contribution in [2.75, 3.05) is 6.61 Å². The third-order valence-corrected chi connectivity index (χ3v) is 7.30. The van der Waals surface area contributed by atoms with Crippen LogP contribution in [0.5, 0.6) is 0 Å². The Hall–Kier alpha value is -2.95. The largest absolute Gasteiger partial charge is 0.394 e. The third kappa shape index (κ3) is 32.4. The molecule has 0 aliphatic carbocycles. The molecule has 3 N–H and O–H groups in total. The Morgan fingerprint density at radius 2 is 0.957 bits per heavy atom. The molecule has 4 nitrogen and oxygen atoms in total. The number of rotatable bonds is 30. The topological polar surface area (TPSA) is 69.6 Å². The lowest BCUT2D eigenvalue weighted by atomic mass is 10.0. The average molecular weight is 634 g/mol. The van der Waals surface area contributed by atoms with Crippen LogP contribution < -0.4 is 5.32 Å². The van der Waals surface area contributed by atoms with E-state index in [1.54, 1.807) is 0 Å². The van der Waals surface area contributed by atoms with Crippen molar-refractivity contribution in [3.05, 3.63) is 109 Å². The van der Waals surface area contributed by atoms with E-state index in [4.69, 9.17) is 0 Å². The number of carbonyl (C=O) groups excluding carboxylic acids is 1. The van der Waals surface area contributed by atoms with Crippen LogP contribution in [-0.2, 0) is 4.79 Å². The summed E-state index contributed by atoms with van der Waals surface area (Å²) in [5.74, 6) is -0.0827. The molecular formula is C42H67NO3. The first-order valence-corrected chi connectivity index (χ1v) is 18.1. The molecule has 1 amide bonds. The molecule has 0 aliphatic heterocycles. The van der Waals surface area contributed by atoms with E-state index in [1.165, 1.54) is 0 Å². The molecule has 0 saturated heterocycles. The Morgan fingerprint density at radius 1 is 0.543 bits per heavy atom. The molecule has 0 radical (unpaired) electrons. The van der Waals surface area contributed by atoms with Crippen LogP contribution in [0.3, 0.4) is 0 Å². The molecule has 2 atom stereocenters. The predicted octanol–water partition coefficient (Wildman–Crippen LogP) is 10.9. The molecule has 0 heterocycles. The summed E-state index contributed by atoms with van der Waals surface area (Å²) in [7, 11) is 0. The molecular weight excluding hydrogens is 566 g/mol. The second-order valence-corrected chi connectivity index (χ2v) is 11.6. The first-order valence-electron chi connectivity index (χ1n) is 18.1. The van der Waals surface area contributed by atoms with E-state index in [0.717, 1.165) is 103 Å². The van der Waals surface area contributed by atoms with E-state index >= 15 is 0 Å². The number of hydrogen-bond donors (Lipinski definition) is 3. The lowest BCUT2D eigenvalue weighted by Gasteiger charge is -2.22. The van der Waals surface area contributed by atoms with E-state index in [2.05, 4.69) is 129 Å². The number of carbonyl (C=O) groups is 1. The second kappa shape index (κ2) is 36.5. The molecule has 0 bridgehead atoms. The van der Waals surface area contributed by atoms with Gasteiger partial charge < -0.3 is 15.5 Å². The first kappa shape index (κ1) is 43.0. The third-order valence-electron chi connectivity index (χ3n) is 7.30. The molecule has 2 unspecified atom stereocenters. The zero-order valence-corrected chi connectivity index (χ0v) is 29.3. The Labute approximate surface area is 283 Å². The molecule has 0 aromatic carbocycles. The maximum atomic E-state index is 12.1. The summed E-state index contributed by atoms with van der Waals surface area (Å²) >= 11 is 0. The molecule has 0 aromatic heterocycles. The minimum absolute atomic E-state index is 0.0827. The number of unbranched alkanes of at least 4 members (excludes halogenated alkanes) is 5. The fourth-order valence-electron chi connectivity index (χ4n) is 4.52. The summed E-state index contributed by atoms with van der Waals surface area (Å²) in [5.41, 5.74) is 0. The maximum Gasteiger partial charge on any atom is 0.220 e. The number of aliphatic hydroxyl groups excluding tert-OH is 2. The Balaban J connectivity index is 3.69. The summed E-state index contributed by atoms with van der Waals surface area (Å²) in [4.78, 5) is 12.1. The zero-order chi connectivity index (χ0) is 33.6. The number of nitrogens with one attached hydrogen (secondary N) is 1. The van der Waals surface area contributed by atoms with Gasteiger partial charge in [0.05, 0.1) is 18.8 Å². The van der Waals surface area contributed by atoms with Crippen molar-refractivity contribution >= 4 is 5.91 Å². The van der Waals surface area contributed by atoms with Crippen LogP contribution in [0.25, 0.3) is 0 Å². The molecule has 46 heavy (non-hydrogen) atoms. The smallest absolute Gasteiger partial charge is 0.220 e. The Morgan fingerprint density at radius 3 is 1.35 bits per heavy atom. The minimum atomic E-state index is -0.677. The fourth-order valence-corrected chi connectivity index (χ4v) is 4.52. The number of hydrogen-bond acceptors (Lipinski definition) is 3. The van der Waals surface area contributed by atoms with Crippen molar-refractivity contribution in [1.82, 2.24) is 5.32 Å². The SMILES string of the molecule is CC/C=C\C/C=C\C/C=C\C/C=C\C/C=C\C/C=C\C/C=C\C/C=C\C/C=C\CCCCCC(=O)NC(CO)C(O)CCCCC. The maximum absolute atomic E-state index is 12.1. The molecule has 4 heteroatoms. The van der Waals surface area contributed by atoms with Gasteiger partial charge in [0.15, 0.2) is 0 Å². The minimum Gasteiger partial charge on any atom is -0.394 e. The summed E-state index contributed by atoms with van der Waals surface area (Å²) in [5, 5.41) is 22.5. The van der Waals surface area contributed by atoms with Gasteiger partial charge in [0, 0.05) is 6.42 Å². The van der Waals surface area contributed by atoms with Gasteiger partial charge in [-0.25, -0.2) is 0 Å². The van der Waals surface area contributed by atoms with Crippen LogP contribution in [0.1, 0.15) is 129 Å². The standard InChI is InChI=1S/C42H67NO3/c1-3-5-7-8-9-10-11-12-13-14-15-16-17-18-19-20-21-22-23-24-25-26-27-28-29-30-31-32-33-34-36-38-42(46)43-40(39-44)41(45)37-35-6-4-2/h5,7,9-10,12-13,15-16,18-19,21-22,24-25,27-28,30-31,40-41,44-45H,3-4,6,8,11,14,17,20,23,26,29,32-39H2,1-2H3,(H,43,46)/b7-5-,10-9-,13-12-,16-15-,19-18-,22-21-,25-24-,28-27-,31-30-. The summed E-state index contributed by atoms with van der Waals surface area (Å²) in [6, 6.07) is -0.557. The lowest BCUT2D eigenvalue weighted by molar-refractivity contribution is -0.123. The lowest BCUT2D eigenvalue weighted by Crippen LogP contribution is -2.45. The van der Waals surface area contributed by atoms with E-state index in [1.807, 2.05) is 0 Å². The van der Waals surface area contributed by atoms with Crippen LogP contribution in [0.15, 0.2) is 109 Å².